The zero-order valence-electron chi connectivity index (χ0n) is 10.7. The number of nitrogens with one attached hydrogen (secondary N) is 1. The summed E-state index contributed by atoms with van der Waals surface area (Å²) >= 11 is 3.23. The van der Waals surface area contributed by atoms with Gasteiger partial charge in [-0.1, -0.05) is 22.0 Å². The molecule has 7 heteroatoms. The van der Waals surface area contributed by atoms with E-state index in [9.17, 15) is 10.1 Å². The lowest BCUT2D eigenvalue weighted by atomic mass is 10.2. The molecule has 0 atom stereocenters. The van der Waals surface area contributed by atoms with Crippen molar-refractivity contribution in [3.05, 3.63) is 56.7 Å². The number of pyridine rings is 1. The summed E-state index contributed by atoms with van der Waals surface area (Å²) in [7, 11) is 1.77. The van der Waals surface area contributed by atoms with Gasteiger partial charge in [-0.05, 0) is 12.1 Å². The molecule has 0 saturated carbocycles. The molecule has 0 amide bonds. The molecule has 0 radical (unpaired) electrons. The minimum absolute atomic E-state index is 0.0191. The Bertz CT molecular complexity index is 634. The first-order valence-corrected chi connectivity index (χ1v) is 6.59. The highest BCUT2D eigenvalue weighted by atomic mass is 79.9. The first kappa shape index (κ1) is 14.3. The molecule has 0 aliphatic rings. The second kappa shape index (κ2) is 6.33. The SMILES string of the molecule is CNc1ncccc1COc1cc(Br)cc([N+](=O)[O-])c1. The quantitative estimate of drug-likeness (QED) is 0.668. The van der Waals surface area contributed by atoms with Gasteiger partial charge in [0.1, 0.15) is 18.2 Å². The van der Waals surface area contributed by atoms with Gasteiger partial charge in [0, 0.05) is 29.3 Å². The summed E-state index contributed by atoms with van der Waals surface area (Å²) in [5.41, 5.74) is 0.854. The minimum atomic E-state index is -0.458. The Labute approximate surface area is 124 Å². The molecule has 2 aromatic rings. The van der Waals surface area contributed by atoms with Crippen molar-refractivity contribution in [1.82, 2.24) is 4.98 Å². The van der Waals surface area contributed by atoms with Gasteiger partial charge in [-0.3, -0.25) is 10.1 Å². The van der Waals surface area contributed by atoms with Crippen LogP contribution in [0, 0.1) is 10.1 Å². The van der Waals surface area contributed by atoms with E-state index >= 15 is 0 Å². The Morgan fingerprint density at radius 3 is 2.95 bits per heavy atom. The van der Waals surface area contributed by atoms with E-state index in [1.807, 2.05) is 12.1 Å². The Hall–Kier alpha value is -2.15. The molecule has 0 fully saturated rings. The highest BCUT2D eigenvalue weighted by Gasteiger charge is 2.10. The highest BCUT2D eigenvalue weighted by Crippen LogP contribution is 2.27. The lowest BCUT2D eigenvalue weighted by Crippen LogP contribution is -2.02. The van der Waals surface area contributed by atoms with Crippen LogP contribution in [0.3, 0.4) is 0 Å². The predicted octanol–water partition coefficient (Wildman–Crippen LogP) is 3.37. The minimum Gasteiger partial charge on any atom is -0.488 e. The van der Waals surface area contributed by atoms with Crippen molar-refractivity contribution in [3.8, 4) is 5.75 Å². The van der Waals surface area contributed by atoms with E-state index in [4.69, 9.17) is 4.74 Å². The number of non-ortho nitro benzene ring substituents is 1. The Morgan fingerprint density at radius 2 is 2.25 bits per heavy atom. The van der Waals surface area contributed by atoms with Gasteiger partial charge >= 0.3 is 0 Å². The molecule has 2 rings (SSSR count). The molecule has 1 heterocycles. The van der Waals surface area contributed by atoms with Crippen molar-refractivity contribution in [1.29, 1.82) is 0 Å². The fraction of sp³-hybridized carbons (Fsp3) is 0.154. The molecular formula is C13H12BrN3O3. The van der Waals surface area contributed by atoms with Crippen LogP contribution in [0.5, 0.6) is 5.75 Å². The van der Waals surface area contributed by atoms with Crippen molar-refractivity contribution in [2.45, 2.75) is 6.61 Å². The second-order valence-corrected chi connectivity index (χ2v) is 4.87. The second-order valence-electron chi connectivity index (χ2n) is 3.95. The molecule has 0 bridgehead atoms. The van der Waals surface area contributed by atoms with E-state index in [0.717, 1.165) is 11.4 Å². The van der Waals surface area contributed by atoms with Crippen molar-refractivity contribution in [2.75, 3.05) is 12.4 Å². The average molecular weight is 338 g/mol. The van der Waals surface area contributed by atoms with Gasteiger partial charge in [0.15, 0.2) is 0 Å². The van der Waals surface area contributed by atoms with Gasteiger partial charge in [-0.2, -0.15) is 0 Å². The normalized spacial score (nSPS) is 10.1. The third-order valence-electron chi connectivity index (χ3n) is 2.59. The van der Waals surface area contributed by atoms with E-state index in [1.54, 1.807) is 19.3 Å². The van der Waals surface area contributed by atoms with Gasteiger partial charge < -0.3 is 10.1 Å². The van der Waals surface area contributed by atoms with Crippen LogP contribution in [0.4, 0.5) is 11.5 Å². The summed E-state index contributed by atoms with van der Waals surface area (Å²) in [5.74, 6) is 1.15. The molecule has 1 aromatic carbocycles. The predicted molar refractivity (Wildman–Crippen MR) is 78.9 cm³/mol. The number of nitro groups is 1. The molecule has 1 N–H and O–H groups in total. The summed E-state index contributed by atoms with van der Waals surface area (Å²) in [5, 5.41) is 13.8. The Balaban J connectivity index is 2.16. The van der Waals surface area contributed by atoms with E-state index in [1.165, 1.54) is 12.1 Å². The van der Waals surface area contributed by atoms with Crippen LogP contribution in [0.1, 0.15) is 5.56 Å². The largest absolute Gasteiger partial charge is 0.488 e. The molecule has 0 spiro atoms. The van der Waals surface area contributed by atoms with Crippen LogP contribution < -0.4 is 10.1 Å². The van der Waals surface area contributed by atoms with Gasteiger partial charge in [-0.25, -0.2) is 4.98 Å². The van der Waals surface area contributed by atoms with Gasteiger partial charge in [0.2, 0.25) is 0 Å². The Kier molecular flexibility index (Phi) is 4.52. The molecular weight excluding hydrogens is 326 g/mol. The fourth-order valence-electron chi connectivity index (χ4n) is 1.68. The zero-order valence-corrected chi connectivity index (χ0v) is 12.3. The van der Waals surface area contributed by atoms with Gasteiger partial charge in [0.25, 0.3) is 5.69 Å². The molecule has 6 nitrogen and oxygen atoms in total. The molecule has 0 aliphatic heterocycles. The van der Waals surface area contributed by atoms with Gasteiger partial charge in [-0.15, -0.1) is 0 Å². The summed E-state index contributed by atoms with van der Waals surface area (Å²) in [4.78, 5) is 14.5. The van der Waals surface area contributed by atoms with E-state index in [-0.39, 0.29) is 12.3 Å². The molecule has 104 valence electrons. The highest BCUT2D eigenvalue weighted by molar-refractivity contribution is 9.10. The van der Waals surface area contributed by atoms with Crippen LogP contribution in [0.25, 0.3) is 0 Å². The lowest BCUT2D eigenvalue weighted by molar-refractivity contribution is -0.385. The number of nitro benzene ring substituents is 1. The summed E-state index contributed by atoms with van der Waals surface area (Å²) in [6.07, 6.45) is 1.68. The lowest BCUT2D eigenvalue weighted by Gasteiger charge is -2.10. The molecule has 0 saturated heterocycles. The maximum atomic E-state index is 10.8. The van der Waals surface area contributed by atoms with E-state index in [0.29, 0.717) is 10.2 Å². The zero-order chi connectivity index (χ0) is 14.5. The average Bonchev–Trinajstić information content (AvgIpc) is 2.44. The number of nitrogens with zero attached hydrogens (tertiary/aromatic N) is 2. The Morgan fingerprint density at radius 1 is 1.45 bits per heavy atom. The molecule has 20 heavy (non-hydrogen) atoms. The fourth-order valence-corrected chi connectivity index (χ4v) is 2.14. The number of ether oxygens (including phenoxy) is 1. The van der Waals surface area contributed by atoms with Crippen LogP contribution >= 0.6 is 15.9 Å². The van der Waals surface area contributed by atoms with Crippen LogP contribution in [-0.4, -0.2) is 17.0 Å². The van der Waals surface area contributed by atoms with Crippen molar-refractivity contribution in [3.63, 3.8) is 0 Å². The van der Waals surface area contributed by atoms with Crippen LogP contribution in [0.2, 0.25) is 0 Å². The number of anilines is 1. The monoisotopic (exact) mass is 337 g/mol. The van der Waals surface area contributed by atoms with Crippen molar-refractivity contribution in [2.24, 2.45) is 0 Å². The number of halogens is 1. The van der Waals surface area contributed by atoms with Crippen LogP contribution in [-0.2, 0) is 6.61 Å². The maximum absolute atomic E-state index is 10.8. The van der Waals surface area contributed by atoms with Crippen LogP contribution in [0.15, 0.2) is 41.0 Å². The molecule has 0 aliphatic carbocycles. The number of hydrogen-bond acceptors (Lipinski definition) is 5. The topological polar surface area (TPSA) is 77.3 Å². The van der Waals surface area contributed by atoms with E-state index < -0.39 is 4.92 Å². The van der Waals surface area contributed by atoms with Gasteiger partial charge in [0.05, 0.1) is 11.0 Å². The third-order valence-corrected chi connectivity index (χ3v) is 3.05. The number of hydrogen-bond donors (Lipinski definition) is 1. The molecule has 0 unspecified atom stereocenters. The summed E-state index contributed by atoms with van der Waals surface area (Å²) < 4.78 is 6.19. The summed E-state index contributed by atoms with van der Waals surface area (Å²) in [6, 6.07) is 8.19. The van der Waals surface area contributed by atoms with E-state index in [2.05, 4.69) is 26.2 Å². The third kappa shape index (κ3) is 3.45. The first-order valence-electron chi connectivity index (χ1n) is 5.79. The number of rotatable bonds is 5. The first-order chi connectivity index (χ1) is 9.60. The standard InChI is InChI=1S/C13H12BrN3O3/c1-15-13-9(3-2-4-16-13)8-20-12-6-10(14)5-11(7-12)17(18)19/h2-7H,8H2,1H3,(H,15,16). The maximum Gasteiger partial charge on any atom is 0.274 e. The smallest absolute Gasteiger partial charge is 0.274 e. The number of benzene rings is 1. The van der Waals surface area contributed by atoms with Crippen molar-refractivity contribution >= 4 is 27.4 Å². The molecule has 1 aromatic heterocycles. The number of aromatic nitrogens is 1. The van der Waals surface area contributed by atoms with Crippen molar-refractivity contribution < 1.29 is 9.66 Å². The summed E-state index contributed by atoms with van der Waals surface area (Å²) in [6.45, 7) is 0.275.